The van der Waals surface area contributed by atoms with Crippen LogP contribution in [0.5, 0.6) is 34.5 Å². The van der Waals surface area contributed by atoms with Crippen molar-refractivity contribution in [3.8, 4) is 45.6 Å². The Labute approximate surface area is 654 Å². The summed E-state index contributed by atoms with van der Waals surface area (Å²) < 4.78 is 48.8. The molecule has 0 atom stereocenters. The van der Waals surface area contributed by atoms with Crippen LogP contribution in [0, 0.1) is 37.5 Å². The minimum absolute atomic E-state index is 0.331. The third kappa shape index (κ3) is 25.0. The van der Waals surface area contributed by atoms with Crippen molar-refractivity contribution in [3.63, 3.8) is 0 Å². The lowest BCUT2D eigenvalue weighted by atomic mass is 9.82. The van der Waals surface area contributed by atoms with Gasteiger partial charge in [0.15, 0.2) is 0 Å². The Morgan fingerprint density at radius 3 is 1.12 bits per heavy atom. The van der Waals surface area contributed by atoms with Crippen LogP contribution in [0.3, 0.4) is 0 Å². The zero-order chi connectivity index (χ0) is 77.4. The minimum Gasteiger partial charge on any atom is -0.494 e. The molecule has 20 nitrogen and oxygen atoms in total. The van der Waals surface area contributed by atoms with Gasteiger partial charge in [-0.15, -0.1) is 0 Å². The van der Waals surface area contributed by atoms with Crippen molar-refractivity contribution in [3.05, 3.63) is 169 Å². The zero-order valence-corrected chi connectivity index (χ0v) is 65.6. The Morgan fingerprint density at radius 2 is 0.764 bits per heavy atom. The van der Waals surface area contributed by atoms with Crippen LogP contribution in [0.2, 0.25) is 0 Å². The van der Waals surface area contributed by atoms with E-state index in [4.69, 9.17) is 58.1 Å². The molecule has 8 aromatic rings. The summed E-state index contributed by atoms with van der Waals surface area (Å²) in [6.45, 7) is 18.2. The minimum atomic E-state index is -0.480. The van der Waals surface area contributed by atoms with Gasteiger partial charge in [0, 0.05) is 36.4 Å². The van der Waals surface area contributed by atoms with Crippen molar-refractivity contribution in [1.29, 1.82) is 0 Å². The van der Waals surface area contributed by atoms with Gasteiger partial charge in [-0.05, 0) is 249 Å². The zero-order valence-electron chi connectivity index (χ0n) is 64.0. The molecule has 2 heterocycles. The number of hydrazone groups is 2. The first-order valence-corrected chi connectivity index (χ1v) is 40.8. The number of nitrogens with zero attached hydrogens (tertiary/aromatic N) is 6. The number of carbonyl (C=O) groups is 6. The molecule has 10 rings (SSSR count). The average molecular weight is 1530 g/mol. The summed E-state index contributed by atoms with van der Waals surface area (Å²) in [5, 5.41) is 15.7. The number of para-hydroxylation sites is 2. The van der Waals surface area contributed by atoms with E-state index in [1.165, 1.54) is 0 Å². The molecule has 0 bridgehead atoms. The van der Waals surface area contributed by atoms with Gasteiger partial charge >= 0.3 is 35.8 Å². The van der Waals surface area contributed by atoms with Gasteiger partial charge in [0.1, 0.15) is 34.5 Å². The number of rotatable bonds is 43. The van der Waals surface area contributed by atoms with E-state index in [-0.39, 0.29) is 11.9 Å². The number of thiazole rings is 2. The van der Waals surface area contributed by atoms with Crippen LogP contribution in [0.4, 0.5) is 10.3 Å². The van der Waals surface area contributed by atoms with E-state index in [9.17, 15) is 28.8 Å². The van der Waals surface area contributed by atoms with Crippen molar-refractivity contribution in [2.24, 2.45) is 33.9 Å². The number of anilines is 2. The number of hydrogen-bond acceptors (Lipinski definition) is 22. The highest BCUT2D eigenvalue weighted by Crippen LogP contribution is 2.40. The quantitative estimate of drug-likeness (QED) is 0.00863. The van der Waals surface area contributed by atoms with E-state index in [2.05, 4.69) is 39.1 Å². The number of esters is 6. The topological polar surface area (TPSA) is 233 Å². The highest BCUT2D eigenvalue weighted by molar-refractivity contribution is 7.22. The second kappa shape index (κ2) is 43.4. The van der Waals surface area contributed by atoms with Crippen molar-refractivity contribution in [2.45, 2.75) is 182 Å². The molecule has 0 N–H and O–H groups in total. The molecule has 0 unspecified atom stereocenters. The summed E-state index contributed by atoms with van der Waals surface area (Å²) in [5.74, 6) is -1.27. The summed E-state index contributed by atoms with van der Waals surface area (Å²) in [4.78, 5) is 89.1. The summed E-state index contributed by atoms with van der Waals surface area (Å²) in [6.07, 6.45) is 24.3. The molecule has 0 aliphatic heterocycles. The van der Waals surface area contributed by atoms with Gasteiger partial charge < -0.3 is 37.9 Å². The Bertz CT molecular complexity index is 4080. The number of unbranched alkanes of at least 4 members (excludes halogenated alkanes) is 12. The normalized spacial score (nSPS) is 15.6. The van der Waals surface area contributed by atoms with Gasteiger partial charge in [0.25, 0.3) is 0 Å². The molecule has 6 aromatic carbocycles. The van der Waals surface area contributed by atoms with Crippen LogP contribution in [0.1, 0.15) is 190 Å². The van der Waals surface area contributed by atoms with Gasteiger partial charge in [0.2, 0.25) is 10.3 Å². The molecule has 2 aliphatic carbocycles. The number of aromatic nitrogens is 2. The highest BCUT2D eigenvalue weighted by atomic mass is 32.1. The lowest BCUT2D eigenvalue weighted by Crippen LogP contribution is -2.30. The van der Waals surface area contributed by atoms with Crippen molar-refractivity contribution in [2.75, 3.05) is 49.5 Å². The fraction of sp³-hybridized carbons (Fsp3) is 0.432. The maximum absolute atomic E-state index is 14.6. The standard InChI is InChI=1S/C88H104N6O14S2/c1-7-11-13-23-49-93(87-91-75-29-19-21-31-79(75)109-87)89-59-67-57-73(61(5)55-77(67)107-85(99)65-37-33-63(34-38-65)83(97)105-71-45-41-69(42-46-71)101-51-25-15-17-27-53-103-81(95)9-3)74-58-68(60-90-94(50-24-14-12-8-2)88-92-76-30-20-22-32-80(76)110-88)78(56-62(74)6)108-86(100)66-39-35-64(36-40-66)84(98)106-72-47-43-70(44-48-72)102-52-26-16-18-28-54-104-82(96)10-4/h9-10,19-22,29-32,41-48,55-60,63-66H,3-4,7-8,11-18,23-28,33-40,49-54H2,1-2,5-6H3/b89-59+,90-60+. The van der Waals surface area contributed by atoms with E-state index in [1.54, 1.807) is 83.6 Å². The van der Waals surface area contributed by atoms with Gasteiger partial charge in [-0.25, -0.2) is 29.6 Å². The predicted molar refractivity (Wildman–Crippen MR) is 435 cm³/mol. The highest BCUT2D eigenvalue weighted by Gasteiger charge is 2.35. The van der Waals surface area contributed by atoms with E-state index >= 15 is 0 Å². The molecule has 2 fully saturated rings. The van der Waals surface area contributed by atoms with Crippen LogP contribution >= 0.6 is 22.7 Å². The monoisotopic (exact) mass is 1530 g/mol. The van der Waals surface area contributed by atoms with Crippen LogP contribution in [-0.2, 0) is 38.2 Å². The summed E-state index contributed by atoms with van der Waals surface area (Å²) in [6, 6.07) is 37.9. The lowest BCUT2D eigenvalue weighted by molar-refractivity contribution is -0.145. The van der Waals surface area contributed by atoms with Crippen LogP contribution in [0.25, 0.3) is 31.6 Å². The molecule has 22 heteroatoms. The maximum atomic E-state index is 14.6. The Hall–Kier alpha value is -10.1. The summed E-state index contributed by atoms with van der Waals surface area (Å²) >= 11 is 3.13. The van der Waals surface area contributed by atoms with E-state index in [0.29, 0.717) is 137 Å². The largest absolute Gasteiger partial charge is 0.494 e. The number of hydrogen-bond donors (Lipinski definition) is 0. The molecule has 0 spiro atoms. The molecular formula is C88H104N6O14S2. The summed E-state index contributed by atoms with van der Waals surface area (Å²) in [5.41, 5.74) is 6.12. The van der Waals surface area contributed by atoms with Gasteiger partial charge in [-0.2, -0.15) is 10.2 Å². The van der Waals surface area contributed by atoms with Crippen LogP contribution in [-0.4, -0.2) is 97.7 Å². The van der Waals surface area contributed by atoms with Gasteiger partial charge in [-0.1, -0.05) is 112 Å². The van der Waals surface area contributed by atoms with E-state index < -0.39 is 47.5 Å². The number of benzene rings is 6. The number of ether oxygens (including phenoxy) is 8. The fourth-order valence-corrected chi connectivity index (χ4v) is 15.3. The van der Waals surface area contributed by atoms with E-state index in [1.807, 2.05) is 84.5 Å². The molecule has 582 valence electrons. The SMILES string of the molecule is C=CC(=O)OCCCCCCOc1ccc(OC(=O)C2CCC(C(=O)Oc3cc(C)c(-c4cc(/C=N/N(CCCCCC)c5nc6ccccc6s5)c(OC(=O)C5CCC(C(=O)Oc6ccc(OCCCCCCOC(=O)C=C)cc6)CC5)cc4C)cc3/C=N/N(CCCCCC)c3nc4ccccc4s3)CC2)cc1. The molecule has 2 saturated carbocycles. The van der Waals surface area contributed by atoms with Gasteiger partial charge in [-0.3, -0.25) is 19.2 Å². The molecule has 0 saturated heterocycles. The molecule has 0 amide bonds. The average Bonchev–Trinajstić information content (AvgIpc) is 1.01. The first-order valence-electron chi connectivity index (χ1n) is 39.2. The van der Waals surface area contributed by atoms with Crippen LogP contribution in [0.15, 0.2) is 157 Å². The first kappa shape index (κ1) is 82.4. The third-order valence-corrected chi connectivity index (χ3v) is 22.0. The Balaban J connectivity index is 0.867. The molecule has 0 radical (unpaired) electrons. The maximum Gasteiger partial charge on any atom is 0.330 e. The smallest absolute Gasteiger partial charge is 0.330 e. The van der Waals surface area contributed by atoms with Crippen molar-refractivity contribution in [1.82, 2.24) is 9.97 Å². The fourth-order valence-electron chi connectivity index (χ4n) is 13.4. The third-order valence-electron chi connectivity index (χ3n) is 19.9. The predicted octanol–water partition coefficient (Wildman–Crippen LogP) is 20.0. The molecular weight excluding hydrogens is 1430 g/mol. The first-order chi connectivity index (χ1) is 53.6. The van der Waals surface area contributed by atoms with E-state index in [0.717, 1.165) is 168 Å². The Morgan fingerprint density at radius 1 is 0.427 bits per heavy atom. The number of fused-ring (bicyclic) bond motifs is 2. The summed E-state index contributed by atoms with van der Waals surface area (Å²) in [7, 11) is 0. The number of carbonyl (C=O) groups excluding carboxylic acids is 6. The molecule has 110 heavy (non-hydrogen) atoms. The van der Waals surface area contributed by atoms with Crippen molar-refractivity contribution < 1.29 is 66.7 Å². The van der Waals surface area contributed by atoms with Gasteiger partial charge in [0.05, 0.1) is 83.0 Å². The second-order valence-corrected chi connectivity index (χ2v) is 30.2. The molecule has 2 aliphatic rings. The number of aryl methyl sites for hydroxylation is 2. The van der Waals surface area contributed by atoms with Crippen molar-refractivity contribution >= 4 is 102 Å². The molecule has 2 aromatic heterocycles. The van der Waals surface area contributed by atoms with Crippen LogP contribution < -0.4 is 38.4 Å². The second-order valence-electron chi connectivity index (χ2n) is 28.2. The Kier molecular flexibility index (Phi) is 32.5. The lowest BCUT2D eigenvalue weighted by Gasteiger charge is -2.26.